The number of amides is 1. The van der Waals surface area contributed by atoms with Crippen LogP contribution < -0.4 is 10.2 Å². The van der Waals surface area contributed by atoms with Crippen molar-refractivity contribution >= 4 is 11.6 Å². The van der Waals surface area contributed by atoms with E-state index in [-0.39, 0.29) is 17.8 Å². The fraction of sp³-hybridized carbons (Fsp3) is 0.545. The van der Waals surface area contributed by atoms with Crippen LogP contribution in [0.15, 0.2) is 24.3 Å². The Morgan fingerprint density at radius 2 is 1.87 bits per heavy atom. The highest BCUT2D eigenvalue weighted by Crippen LogP contribution is 2.18. The van der Waals surface area contributed by atoms with Crippen molar-refractivity contribution in [3.63, 3.8) is 0 Å². The standard InChI is InChI=1S/C22H32FN5O2/c1-16-21(17(2)28(25-16)13-14-30-4)15-24-22(29)18(3)26-9-11-27(12-10-26)20-7-5-19(23)6-8-20/h5-8,18H,9-15H2,1-4H3,(H,24,29). The first-order valence-corrected chi connectivity index (χ1v) is 10.4. The number of piperazine rings is 1. The highest BCUT2D eigenvalue weighted by Gasteiger charge is 2.26. The van der Waals surface area contributed by atoms with Crippen molar-refractivity contribution in [2.24, 2.45) is 0 Å². The monoisotopic (exact) mass is 417 g/mol. The van der Waals surface area contributed by atoms with Crippen molar-refractivity contribution in [1.29, 1.82) is 0 Å². The van der Waals surface area contributed by atoms with Gasteiger partial charge < -0.3 is 15.0 Å². The Balaban J connectivity index is 1.51. The number of ether oxygens (including phenoxy) is 1. The molecule has 1 aliphatic heterocycles. The van der Waals surface area contributed by atoms with E-state index in [1.807, 2.05) is 25.5 Å². The van der Waals surface area contributed by atoms with E-state index in [0.717, 1.165) is 48.8 Å². The van der Waals surface area contributed by atoms with Crippen LogP contribution in [-0.2, 0) is 22.6 Å². The lowest BCUT2D eigenvalue weighted by molar-refractivity contribution is -0.126. The van der Waals surface area contributed by atoms with Gasteiger partial charge in [0.25, 0.3) is 0 Å². The van der Waals surface area contributed by atoms with Crippen molar-refractivity contribution in [2.75, 3.05) is 44.8 Å². The highest BCUT2D eigenvalue weighted by atomic mass is 19.1. The van der Waals surface area contributed by atoms with Crippen LogP contribution in [-0.4, -0.2) is 66.5 Å². The molecule has 3 rings (SSSR count). The van der Waals surface area contributed by atoms with Crippen LogP contribution in [0.25, 0.3) is 0 Å². The van der Waals surface area contributed by atoms with Gasteiger partial charge in [-0.2, -0.15) is 5.10 Å². The Bertz CT molecular complexity index is 844. The Morgan fingerprint density at radius 1 is 1.20 bits per heavy atom. The van der Waals surface area contributed by atoms with Gasteiger partial charge in [-0.05, 0) is 45.0 Å². The number of aromatic nitrogens is 2. The molecule has 2 aromatic rings. The summed E-state index contributed by atoms with van der Waals surface area (Å²) in [7, 11) is 1.67. The molecule has 0 spiro atoms. The number of hydrogen-bond acceptors (Lipinski definition) is 5. The molecular weight excluding hydrogens is 385 g/mol. The van der Waals surface area contributed by atoms with E-state index >= 15 is 0 Å². The van der Waals surface area contributed by atoms with Crippen molar-refractivity contribution in [2.45, 2.75) is 39.9 Å². The van der Waals surface area contributed by atoms with E-state index in [0.29, 0.717) is 19.7 Å². The lowest BCUT2D eigenvalue weighted by Crippen LogP contribution is -2.53. The number of halogens is 1. The molecule has 2 heterocycles. The number of rotatable bonds is 8. The van der Waals surface area contributed by atoms with E-state index in [1.165, 1.54) is 12.1 Å². The summed E-state index contributed by atoms with van der Waals surface area (Å²) in [6.45, 7) is 10.9. The molecule has 1 aromatic carbocycles. The van der Waals surface area contributed by atoms with Gasteiger partial charge in [0.1, 0.15) is 5.82 Å². The fourth-order valence-electron chi connectivity index (χ4n) is 3.89. The zero-order valence-electron chi connectivity index (χ0n) is 18.3. The van der Waals surface area contributed by atoms with Crippen molar-refractivity contribution in [1.82, 2.24) is 20.0 Å². The number of methoxy groups -OCH3 is 1. The van der Waals surface area contributed by atoms with Crippen molar-refractivity contribution in [3.8, 4) is 0 Å². The summed E-state index contributed by atoms with van der Waals surface area (Å²) in [6.07, 6.45) is 0. The predicted molar refractivity (Wildman–Crippen MR) is 115 cm³/mol. The third kappa shape index (κ3) is 5.17. The van der Waals surface area contributed by atoms with E-state index in [1.54, 1.807) is 19.2 Å². The third-order valence-electron chi connectivity index (χ3n) is 5.91. The Hall–Kier alpha value is -2.45. The predicted octanol–water partition coefficient (Wildman–Crippen LogP) is 2.11. The Morgan fingerprint density at radius 3 is 2.50 bits per heavy atom. The lowest BCUT2D eigenvalue weighted by Gasteiger charge is -2.38. The minimum Gasteiger partial charge on any atom is -0.383 e. The second-order valence-electron chi connectivity index (χ2n) is 7.76. The van der Waals surface area contributed by atoms with Gasteiger partial charge in [-0.25, -0.2) is 4.39 Å². The summed E-state index contributed by atoms with van der Waals surface area (Å²) in [5, 5.41) is 7.62. The van der Waals surface area contributed by atoms with Gasteiger partial charge in [-0.15, -0.1) is 0 Å². The molecule has 1 N–H and O–H groups in total. The van der Waals surface area contributed by atoms with Crippen LogP contribution in [0.2, 0.25) is 0 Å². The molecule has 0 bridgehead atoms. The molecule has 8 heteroatoms. The summed E-state index contributed by atoms with van der Waals surface area (Å²) in [5.41, 5.74) is 4.08. The average Bonchev–Trinajstić information content (AvgIpc) is 3.03. The second-order valence-corrected chi connectivity index (χ2v) is 7.76. The first kappa shape index (κ1) is 22.2. The van der Waals surface area contributed by atoms with E-state index < -0.39 is 0 Å². The average molecular weight is 418 g/mol. The first-order chi connectivity index (χ1) is 14.4. The van der Waals surface area contributed by atoms with Crippen LogP contribution in [0.5, 0.6) is 0 Å². The second kappa shape index (κ2) is 10.0. The zero-order chi connectivity index (χ0) is 21.7. The van der Waals surface area contributed by atoms with Gasteiger partial charge >= 0.3 is 0 Å². The summed E-state index contributed by atoms with van der Waals surface area (Å²) >= 11 is 0. The van der Waals surface area contributed by atoms with Crippen molar-refractivity contribution < 1.29 is 13.9 Å². The molecule has 7 nitrogen and oxygen atoms in total. The SMILES string of the molecule is COCCn1nc(C)c(CNC(=O)C(C)N2CCN(c3ccc(F)cc3)CC2)c1C. The third-order valence-corrected chi connectivity index (χ3v) is 5.91. The lowest BCUT2D eigenvalue weighted by atomic mass is 10.1. The smallest absolute Gasteiger partial charge is 0.237 e. The Labute approximate surface area is 177 Å². The zero-order valence-corrected chi connectivity index (χ0v) is 18.3. The molecule has 1 aromatic heterocycles. The number of carbonyl (C=O) groups is 1. The van der Waals surface area contributed by atoms with Gasteiger partial charge in [0.2, 0.25) is 5.91 Å². The van der Waals surface area contributed by atoms with Gasteiger partial charge in [-0.3, -0.25) is 14.4 Å². The van der Waals surface area contributed by atoms with E-state index in [9.17, 15) is 9.18 Å². The Kier molecular flexibility index (Phi) is 7.44. The fourth-order valence-corrected chi connectivity index (χ4v) is 3.89. The molecule has 1 amide bonds. The summed E-state index contributed by atoms with van der Waals surface area (Å²) < 4.78 is 20.2. The van der Waals surface area contributed by atoms with Crippen LogP contribution in [0.1, 0.15) is 23.9 Å². The molecule has 0 aliphatic carbocycles. The number of benzene rings is 1. The van der Waals surface area contributed by atoms with Gasteiger partial charge in [-0.1, -0.05) is 0 Å². The largest absolute Gasteiger partial charge is 0.383 e. The molecule has 1 saturated heterocycles. The van der Waals surface area contributed by atoms with Gasteiger partial charge in [0.05, 0.1) is 24.9 Å². The summed E-state index contributed by atoms with van der Waals surface area (Å²) in [6, 6.07) is 6.37. The van der Waals surface area contributed by atoms with Crippen LogP contribution >= 0.6 is 0 Å². The molecule has 1 aliphatic rings. The summed E-state index contributed by atoms with van der Waals surface area (Å²) in [5.74, 6) is -0.203. The van der Waals surface area contributed by atoms with Gasteiger partial charge in [0, 0.05) is 56.8 Å². The molecular formula is C22H32FN5O2. The minimum atomic E-state index is -0.225. The van der Waals surface area contributed by atoms with Crippen LogP contribution in [0.4, 0.5) is 10.1 Å². The van der Waals surface area contributed by atoms with Crippen molar-refractivity contribution in [3.05, 3.63) is 47.0 Å². The molecule has 0 radical (unpaired) electrons. The maximum absolute atomic E-state index is 13.1. The number of aryl methyl sites for hydroxylation is 1. The molecule has 164 valence electrons. The van der Waals surface area contributed by atoms with Gasteiger partial charge in [0.15, 0.2) is 0 Å². The molecule has 1 fully saturated rings. The van der Waals surface area contributed by atoms with E-state index in [4.69, 9.17) is 4.74 Å². The number of nitrogens with zero attached hydrogens (tertiary/aromatic N) is 4. The highest BCUT2D eigenvalue weighted by molar-refractivity contribution is 5.81. The topological polar surface area (TPSA) is 62.6 Å². The first-order valence-electron chi connectivity index (χ1n) is 10.4. The number of hydrogen-bond donors (Lipinski definition) is 1. The van der Waals surface area contributed by atoms with Crippen LogP contribution in [0.3, 0.4) is 0 Å². The van der Waals surface area contributed by atoms with E-state index in [2.05, 4.69) is 20.2 Å². The number of nitrogens with one attached hydrogen (secondary N) is 1. The maximum atomic E-state index is 13.1. The number of anilines is 1. The quantitative estimate of drug-likeness (QED) is 0.713. The molecule has 0 saturated carbocycles. The summed E-state index contributed by atoms with van der Waals surface area (Å²) in [4.78, 5) is 17.2. The normalized spacial score (nSPS) is 16.0. The molecule has 1 atom stereocenters. The van der Waals surface area contributed by atoms with Crippen LogP contribution in [0, 0.1) is 19.7 Å². The molecule has 1 unspecified atom stereocenters. The minimum absolute atomic E-state index is 0.0219. The number of carbonyl (C=O) groups excluding carboxylic acids is 1. The maximum Gasteiger partial charge on any atom is 0.237 e. The molecule has 30 heavy (non-hydrogen) atoms.